The molecule has 0 aromatic carbocycles. The minimum atomic E-state index is -1.31. The molecule has 1 atom stereocenters. The van der Waals surface area contributed by atoms with Gasteiger partial charge in [-0.2, -0.15) is 0 Å². The molecule has 0 radical (unpaired) electrons. The average molecular weight is 336 g/mol. The van der Waals surface area contributed by atoms with Gasteiger partial charge in [-0.05, 0) is 26.3 Å². The SMILES string of the molecule is C=C(C)C(=O)N(C(=O)CCCCCN)C(Cc1cnc[nH]1)C(=O)O. The van der Waals surface area contributed by atoms with Gasteiger partial charge in [0.1, 0.15) is 6.04 Å². The molecule has 0 bridgehead atoms. The molecule has 24 heavy (non-hydrogen) atoms. The van der Waals surface area contributed by atoms with Gasteiger partial charge in [0.05, 0.1) is 6.33 Å². The summed E-state index contributed by atoms with van der Waals surface area (Å²) >= 11 is 0. The number of imidazole rings is 1. The van der Waals surface area contributed by atoms with Crippen LogP contribution < -0.4 is 5.73 Å². The molecule has 0 spiro atoms. The largest absolute Gasteiger partial charge is 0.480 e. The summed E-state index contributed by atoms with van der Waals surface area (Å²) in [5, 5.41) is 9.51. The Hall–Kier alpha value is -2.48. The number of aromatic nitrogens is 2. The molecule has 1 heterocycles. The Balaban J connectivity index is 2.95. The summed E-state index contributed by atoms with van der Waals surface area (Å²) < 4.78 is 0. The van der Waals surface area contributed by atoms with Crippen LogP contribution in [0.4, 0.5) is 0 Å². The highest BCUT2D eigenvalue weighted by Crippen LogP contribution is 2.14. The first-order valence-electron chi connectivity index (χ1n) is 7.80. The second-order valence-electron chi connectivity index (χ2n) is 5.58. The number of nitrogens with one attached hydrogen (secondary N) is 1. The molecule has 2 amide bonds. The topological polar surface area (TPSA) is 129 Å². The Bertz CT molecular complexity index is 583. The third kappa shape index (κ3) is 5.62. The summed E-state index contributed by atoms with van der Waals surface area (Å²) in [4.78, 5) is 43.9. The summed E-state index contributed by atoms with van der Waals surface area (Å²) in [5.74, 6) is -2.45. The lowest BCUT2D eigenvalue weighted by Gasteiger charge is -2.27. The van der Waals surface area contributed by atoms with Crippen LogP contribution in [-0.4, -0.2) is 50.3 Å². The smallest absolute Gasteiger partial charge is 0.327 e. The molecule has 8 heteroatoms. The van der Waals surface area contributed by atoms with Gasteiger partial charge in [0.25, 0.3) is 5.91 Å². The van der Waals surface area contributed by atoms with Crippen molar-refractivity contribution in [2.45, 2.75) is 45.1 Å². The maximum atomic E-state index is 12.5. The summed E-state index contributed by atoms with van der Waals surface area (Å²) in [6, 6.07) is -1.31. The Labute approximate surface area is 140 Å². The second-order valence-corrected chi connectivity index (χ2v) is 5.58. The minimum absolute atomic E-state index is 0.0388. The summed E-state index contributed by atoms with van der Waals surface area (Å²) in [7, 11) is 0. The summed E-state index contributed by atoms with van der Waals surface area (Å²) in [6.45, 7) is 5.51. The predicted molar refractivity (Wildman–Crippen MR) is 87.9 cm³/mol. The van der Waals surface area contributed by atoms with E-state index in [1.54, 1.807) is 0 Å². The van der Waals surface area contributed by atoms with Crippen molar-refractivity contribution in [2.75, 3.05) is 6.54 Å². The molecular formula is C16H24N4O4. The monoisotopic (exact) mass is 336 g/mol. The number of carbonyl (C=O) groups is 3. The zero-order chi connectivity index (χ0) is 18.1. The fourth-order valence-corrected chi connectivity index (χ4v) is 2.25. The first-order valence-corrected chi connectivity index (χ1v) is 7.80. The van der Waals surface area contributed by atoms with Gasteiger partial charge in [-0.25, -0.2) is 9.78 Å². The van der Waals surface area contributed by atoms with Crippen LogP contribution >= 0.6 is 0 Å². The van der Waals surface area contributed by atoms with E-state index in [-0.39, 0.29) is 18.4 Å². The zero-order valence-electron chi connectivity index (χ0n) is 13.8. The fraction of sp³-hybridized carbons (Fsp3) is 0.500. The third-order valence-corrected chi connectivity index (χ3v) is 3.51. The number of carboxylic acid groups (broad SMARTS) is 1. The second kappa shape index (κ2) is 9.61. The van der Waals surface area contributed by atoms with Crippen LogP contribution in [0.25, 0.3) is 0 Å². The van der Waals surface area contributed by atoms with Crippen molar-refractivity contribution < 1.29 is 19.5 Å². The summed E-state index contributed by atoms with van der Waals surface area (Å²) in [6.07, 6.45) is 4.99. The normalized spacial score (nSPS) is 11.8. The first-order chi connectivity index (χ1) is 11.4. The van der Waals surface area contributed by atoms with E-state index in [0.717, 1.165) is 17.7 Å². The molecule has 1 aromatic rings. The van der Waals surface area contributed by atoms with Crippen LogP contribution in [0.3, 0.4) is 0 Å². The van der Waals surface area contributed by atoms with Gasteiger partial charge in [-0.15, -0.1) is 0 Å². The molecule has 8 nitrogen and oxygen atoms in total. The van der Waals surface area contributed by atoms with Crippen molar-refractivity contribution in [1.82, 2.24) is 14.9 Å². The van der Waals surface area contributed by atoms with Gasteiger partial charge in [0, 0.05) is 30.3 Å². The number of hydrogen-bond donors (Lipinski definition) is 3. The number of nitrogens with zero attached hydrogens (tertiary/aromatic N) is 2. The number of carbonyl (C=O) groups excluding carboxylic acids is 2. The van der Waals surface area contributed by atoms with Gasteiger partial charge in [-0.1, -0.05) is 13.0 Å². The highest BCUT2D eigenvalue weighted by molar-refractivity contribution is 6.06. The lowest BCUT2D eigenvalue weighted by Crippen LogP contribution is -2.50. The fourth-order valence-electron chi connectivity index (χ4n) is 2.25. The quantitative estimate of drug-likeness (QED) is 0.429. The Morgan fingerprint density at radius 1 is 1.38 bits per heavy atom. The van der Waals surface area contributed by atoms with E-state index in [4.69, 9.17) is 5.73 Å². The van der Waals surface area contributed by atoms with E-state index in [9.17, 15) is 19.5 Å². The lowest BCUT2D eigenvalue weighted by molar-refractivity contribution is -0.156. The molecule has 0 fully saturated rings. The van der Waals surface area contributed by atoms with Crippen molar-refractivity contribution in [3.05, 3.63) is 30.4 Å². The number of hydrogen-bond acceptors (Lipinski definition) is 5. The molecule has 0 saturated heterocycles. The van der Waals surface area contributed by atoms with E-state index >= 15 is 0 Å². The number of nitrogens with two attached hydrogens (primary N) is 1. The number of aromatic amines is 1. The number of carboxylic acids is 1. The Morgan fingerprint density at radius 3 is 2.58 bits per heavy atom. The third-order valence-electron chi connectivity index (χ3n) is 3.51. The van der Waals surface area contributed by atoms with Gasteiger partial charge >= 0.3 is 5.97 Å². The minimum Gasteiger partial charge on any atom is -0.480 e. The number of H-pyrrole nitrogens is 1. The molecule has 1 rings (SSSR count). The van der Waals surface area contributed by atoms with Gasteiger partial charge in [-0.3, -0.25) is 14.5 Å². The van der Waals surface area contributed by atoms with E-state index in [0.29, 0.717) is 18.7 Å². The van der Waals surface area contributed by atoms with Gasteiger partial charge < -0.3 is 15.8 Å². The van der Waals surface area contributed by atoms with Crippen molar-refractivity contribution >= 4 is 17.8 Å². The maximum absolute atomic E-state index is 12.5. The standard InChI is InChI=1S/C16H24N4O4/c1-11(2)15(22)20(14(21)6-4-3-5-7-17)13(16(23)24)8-12-9-18-10-19-12/h9-10,13H,1,3-8,17H2,2H3,(H,18,19)(H,23,24). The van der Waals surface area contributed by atoms with Crippen LogP contribution in [0.15, 0.2) is 24.7 Å². The predicted octanol–water partition coefficient (Wildman–Crippen LogP) is 0.856. The Morgan fingerprint density at radius 2 is 2.08 bits per heavy atom. The van der Waals surface area contributed by atoms with Crippen LogP contribution in [0.1, 0.15) is 38.3 Å². The number of aliphatic carboxylic acids is 1. The molecule has 0 saturated carbocycles. The van der Waals surface area contributed by atoms with E-state index < -0.39 is 23.8 Å². The molecule has 0 aliphatic heterocycles. The van der Waals surface area contributed by atoms with Crippen LogP contribution in [-0.2, 0) is 20.8 Å². The highest BCUT2D eigenvalue weighted by Gasteiger charge is 2.35. The first kappa shape index (κ1) is 19.6. The number of amides is 2. The molecule has 1 unspecified atom stereocenters. The number of rotatable bonds is 10. The molecule has 0 aliphatic rings. The molecule has 4 N–H and O–H groups in total. The van der Waals surface area contributed by atoms with Crippen molar-refractivity contribution in [3.8, 4) is 0 Å². The summed E-state index contributed by atoms with van der Waals surface area (Å²) in [5.41, 5.74) is 6.05. The number of imide groups is 1. The van der Waals surface area contributed by atoms with E-state index in [2.05, 4.69) is 16.5 Å². The number of unbranched alkanes of at least 4 members (excludes halogenated alkanes) is 2. The van der Waals surface area contributed by atoms with Crippen LogP contribution in [0.5, 0.6) is 0 Å². The molecule has 1 aromatic heterocycles. The van der Waals surface area contributed by atoms with Gasteiger partial charge in [0.2, 0.25) is 5.91 Å². The van der Waals surface area contributed by atoms with Crippen molar-refractivity contribution in [2.24, 2.45) is 5.73 Å². The maximum Gasteiger partial charge on any atom is 0.327 e. The zero-order valence-corrected chi connectivity index (χ0v) is 13.8. The lowest BCUT2D eigenvalue weighted by atomic mass is 10.1. The van der Waals surface area contributed by atoms with Gasteiger partial charge in [0.15, 0.2) is 0 Å². The average Bonchev–Trinajstić information content (AvgIpc) is 3.03. The van der Waals surface area contributed by atoms with E-state index in [1.807, 2.05) is 0 Å². The Kier molecular flexibility index (Phi) is 7.84. The van der Waals surface area contributed by atoms with Crippen molar-refractivity contribution in [1.29, 1.82) is 0 Å². The highest BCUT2D eigenvalue weighted by atomic mass is 16.4. The van der Waals surface area contributed by atoms with E-state index in [1.165, 1.54) is 19.4 Å². The van der Waals surface area contributed by atoms with Crippen LogP contribution in [0.2, 0.25) is 0 Å². The molecule has 0 aliphatic carbocycles. The molecular weight excluding hydrogens is 312 g/mol. The van der Waals surface area contributed by atoms with Crippen molar-refractivity contribution in [3.63, 3.8) is 0 Å². The molecule has 132 valence electrons. The van der Waals surface area contributed by atoms with Crippen LogP contribution in [0, 0.1) is 0 Å².